The Morgan fingerprint density at radius 1 is 1.17 bits per heavy atom. The lowest BCUT2D eigenvalue weighted by molar-refractivity contribution is 0.0676. The lowest BCUT2D eigenvalue weighted by Crippen LogP contribution is -2.54. The summed E-state index contributed by atoms with van der Waals surface area (Å²) in [5.74, 6) is 0.364. The van der Waals surface area contributed by atoms with Gasteiger partial charge in [-0.1, -0.05) is 44.2 Å². The molecule has 182 valence electrons. The van der Waals surface area contributed by atoms with Gasteiger partial charge in [0.15, 0.2) is 0 Å². The van der Waals surface area contributed by atoms with Gasteiger partial charge in [-0.2, -0.15) is 5.26 Å². The van der Waals surface area contributed by atoms with Crippen LogP contribution in [0.3, 0.4) is 0 Å². The molecule has 1 aliphatic heterocycles. The van der Waals surface area contributed by atoms with Gasteiger partial charge >= 0.3 is 0 Å². The number of hydrogen-bond acceptors (Lipinski definition) is 4. The number of para-hydroxylation sites is 1. The van der Waals surface area contributed by atoms with Crippen LogP contribution in [0.4, 0.5) is 10.2 Å². The molecule has 0 aliphatic carbocycles. The number of aromatic nitrogens is 2. The topological polar surface area (TPSA) is 76.0 Å². The van der Waals surface area contributed by atoms with Crippen LogP contribution in [0, 0.1) is 17.1 Å². The highest BCUT2D eigenvalue weighted by Crippen LogP contribution is 2.34. The number of nitrogens with zero attached hydrogens (tertiary/aromatic N) is 4. The van der Waals surface area contributed by atoms with E-state index in [2.05, 4.69) is 16.0 Å². The Labute approximate surface area is 210 Å². The number of hydrogen-bond donors (Lipinski definition) is 1. The standard InChI is InChI=1S/C29H28FN5O/c1-18(2)27-14-23(20-7-6-8-21(30)13-20)24(15-31)28(33-27)34-11-12-35(19(3)17-34)29(36)25-16-32-26-10-5-4-9-22(25)26/h4-10,13-14,16,18-19,32H,11-12,17H2,1-3H3. The number of pyridine rings is 1. The molecule has 1 fully saturated rings. The molecular weight excluding hydrogens is 453 g/mol. The average molecular weight is 482 g/mol. The molecule has 2 aromatic heterocycles. The zero-order chi connectivity index (χ0) is 25.4. The summed E-state index contributed by atoms with van der Waals surface area (Å²) in [6.07, 6.45) is 1.78. The Morgan fingerprint density at radius 2 is 1.97 bits per heavy atom. The summed E-state index contributed by atoms with van der Waals surface area (Å²) in [7, 11) is 0. The summed E-state index contributed by atoms with van der Waals surface area (Å²) >= 11 is 0. The molecule has 1 unspecified atom stereocenters. The van der Waals surface area contributed by atoms with Gasteiger partial charge in [-0.15, -0.1) is 0 Å². The van der Waals surface area contributed by atoms with Crippen LogP contribution in [0.25, 0.3) is 22.0 Å². The molecule has 0 spiro atoms. The van der Waals surface area contributed by atoms with Crippen LogP contribution in [0.5, 0.6) is 0 Å². The van der Waals surface area contributed by atoms with Crippen molar-refractivity contribution in [1.29, 1.82) is 5.26 Å². The molecule has 4 aromatic rings. The first-order valence-corrected chi connectivity index (χ1v) is 12.2. The summed E-state index contributed by atoms with van der Waals surface area (Å²) < 4.78 is 14.0. The smallest absolute Gasteiger partial charge is 0.256 e. The third-order valence-corrected chi connectivity index (χ3v) is 6.87. The van der Waals surface area contributed by atoms with Crippen molar-refractivity contribution in [2.45, 2.75) is 32.7 Å². The Morgan fingerprint density at radius 3 is 2.69 bits per heavy atom. The molecule has 2 aromatic carbocycles. The number of H-pyrrole nitrogens is 1. The summed E-state index contributed by atoms with van der Waals surface area (Å²) in [5.41, 5.74) is 4.19. The second-order valence-electron chi connectivity index (χ2n) is 9.61. The van der Waals surface area contributed by atoms with E-state index < -0.39 is 0 Å². The van der Waals surface area contributed by atoms with E-state index in [0.717, 1.165) is 16.6 Å². The quantitative estimate of drug-likeness (QED) is 0.405. The zero-order valence-electron chi connectivity index (χ0n) is 20.6. The van der Waals surface area contributed by atoms with Crippen LogP contribution < -0.4 is 4.90 Å². The first-order valence-electron chi connectivity index (χ1n) is 12.2. The summed E-state index contributed by atoms with van der Waals surface area (Å²) in [5, 5.41) is 11.1. The van der Waals surface area contributed by atoms with Crippen molar-refractivity contribution >= 4 is 22.6 Å². The van der Waals surface area contributed by atoms with Crippen molar-refractivity contribution in [3.8, 4) is 17.2 Å². The number of nitrogens with one attached hydrogen (secondary N) is 1. The second kappa shape index (κ2) is 9.46. The Balaban J connectivity index is 1.48. The molecule has 0 saturated carbocycles. The van der Waals surface area contributed by atoms with Crippen LogP contribution in [0.15, 0.2) is 60.8 Å². The van der Waals surface area contributed by atoms with Crippen molar-refractivity contribution in [2.75, 3.05) is 24.5 Å². The van der Waals surface area contributed by atoms with Gasteiger partial charge in [0.25, 0.3) is 5.91 Å². The molecule has 0 bridgehead atoms. The molecule has 1 aliphatic rings. The van der Waals surface area contributed by atoms with Crippen LogP contribution >= 0.6 is 0 Å². The van der Waals surface area contributed by atoms with Crippen molar-refractivity contribution < 1.29 is 9.18 Å². The van der Waals surface area contributed by atoms with Crippen molar-refractivity contribution in [1.82, 2.24) is 14.9 Å². The number of carbonyl (C=O) groups is 1. The lowest BCUT2D eigenvalue weighted by Gasteiger charge is -2.41. The van der Waals surface area contributed by atoms with Gasteiger partial charge in [-0.25, -0.2) is 9.37 Å². The maximum absolute atomic E-state index is 14.0. The number of nitriles is 1. The number of rotatable bonds is 4. The van der Waals surface area contributed by atoms with Gasteiger partial charge in [-0.05, 0) is 42.7 Å². The SMILES string of the molecule is CC(C)c1cc(-c2cccc(F)c2)c(C#N)c(N2CCN(C(=O)c3c[nH]c4ccccc34)C(C)C2)n1. The fourth-order valence-electron chi connectivity index (χ4n) is 4.92. The van der Waals surface area contributed by atoms with E-state index in [0.29, 0.717) is 47.7 Å². The third kappa shape index (κ3) is 4.20. The van der Waals surface area contributed by atoms with Crippen LogP contribution in [0.2, 0.25) is 0 Å². The number of fused-ring (bicyclic) bond motifs is 1. The number of amides is 1. The first-order chi connectivity index (χ1) is 17.4. The number of carbonyl (C=O) groups excluding carboxylic acids is 1. The van der Waals surface area contributed by atoms with E-state index in [4.69, 9.17) is 4.98 Å². The number of anilines is 1. The second-order valence-corrected chi connectivity index (χ2v) is 9.61. The minimum absolute atomic E-state index is 0.00977. The van der Waals surface area contributed by atoms with Gasteiger partial charge in [0.2, 0.25) is 0 Å². The predicted molar refractivity (Wildman–Crippen MR) is 139 cm³/mol. The van der Waals surface area contributed by atoms with E-state index in [-0.39, 0.29) is 23.7 Å². The van der Waals surface area contributed by atoms with Gasteiger partial charge in [-0.3, -0.25) is 4.79 Å². The fraction of sp³-hybridized carbons (Fsp3) is 0.276. The number of benzene rings is 2. The molecular formula is C29H28FN5O. The lowest BCUT2D eigenvalue weighted by atomic mass is 9.96. The van der Waals surface area contributed by atoms with Gasteiger partial charge in [0, 0.05) is 54.0 Å². The Hall–Kier alpha value is -4.18. The molecule has 0 radical (unpaired) electrons. The molecule has 3 heterocycles. The number of halogens is 1. The Bertz CT molecular complexity index is 1480. The van der Waals surface area contributed by atoms with E-state index >= 15 is 0 Å². The molecule has 1 N–H and O–H groups in total. The van der Waals surface area contributed by atoms with Gasteiger partial charge in [0.1, 0.15) is 23.3 Å². The molecule has 7 heteroatoms. The van der Waals surface area contributed by atoms with Crippen LogP contribution in [-0.2, 0) is 0 Å². The number of piperazine rings is 1. The summed E-state index contributed by atoms with van der Waals surface area (Å²) in [6, 6.07) is 18.2. The van der Waals surface area contributed by atoms with Crippen LogP contribution in [-0.4, -0.2) is 46.5 Å². The molecule has 6 nitrogen and oxygen atoms in total. The predicted octanol–water partition coefficient (Wildman–Crippen LogP) is 5.71. The summed E-state index contributed by atoms with van der Waals surface area (Å²) in [4.78, 5) is 25.5. The maximum atomic E-state index is 14.0. The normalized spacial score (nSPS) is 15.9. The Kier molecular flexibility index (Phi) is 6.19. The highest BCUT2D eigenvalue weighted by atomic mass is 19.1. The maximum Gasteiger partial charge on any atom is 0.256 e. The average Bonchev–Trinajstić information content (AvgIpc) is 3.31. The zero-order valence-corrected chi connectivity index (χ0v) is 20.6. The molecule has 1 atom stereocenters. The molecule has 1 saturated heterocycles. The van der Waals surface area contributed by atoms with Crippen molar-refractivity contribution in [2.24, 2.45) is 0 Å². The van der Waals surface area contributed by atoms with E-state index in [9.17, 15) is 14.4 Å². The van der Waals surface area contributed by atoms with Gasteiger partial charge < -0.3 is 14.8 Å². The highest BCUT2D eigenvalue weighted by Gasteiger charge is 2.31. The molecule has 1 amide bonds. The molecule has 5 rings (SSSR count). The minimum atomic E-state index is -0.348. The van der Waals surface area contributed by atoms with Gasteiger partial charge in [0.05, 0.1) is 5.56 Å². The van der Waals surface area contributed by atoms with Crippen molar-refractivity contribution in [3.63, 3.8) is 0 Å². The third-order valence-electron chi connectivity index (χ3n) is 6.87. The van der Waals surface area contributed by atoms with Crippen LogP contribution in [0.1, 0.15) is 48.3 Å². The minimum Gasteiger partial charge on any atom is -0.360 e. The molecule has 36 heavy (non-hydrogen) atoms. The largest absolute Gasteiger partial charge is 0.360 e. The first kappa shape index (κ1) is 23.6. The van der Waals surface area contributed by atoms with E-state index in [1.807, 2.05) is 62.1 Å². The summed E-state index contributed by atoms with van der Waals surface area (Å²) in [6.45, 7) is 7.71. The highest BCUT2D eigenvalue weighted by molar-refractivity contribution is 6.06. The number of aromatic amines is 1. The van der Waals surface area contributed by atoms with E-state index in [1.54, 1.807) is 12.3 Å². The van der Waals surface area contributed by atoms with Crippen molar-refractivity contribution in [3.05, 3.63) is 83.4 Å². The fourth-order valence-corrected chi connectivity index (χ4v) is 4.92. The monoisotopic (exact) mass is 481 g/mol. The van der Waals surface area contributed by atoms with E-state index in [1.165, 1.54) is 12.1 Å².